The lowest BCUT2D eigenvalue weighted by Gasteiger charge is -2.33. The van der Waals surface area contributed by atoms with Crippen LogP contribution in [0, 0.1) is 19.7 Å². The fraction of sp³-hybridized carbons (Fsp3) is 0.440. The topological polar surface area (TPSA) is 86.8 Å². The maximum Gasteiger partial charge on any atom is 0.227 e. The van der Waals surface area contributed by atoms with Crippen molar-refractivity contribution >= 4 is 11.7 Å². The summed E-state index contributed by atoms with van der Waals surface area (Å²) in [6, 6.07) is 5.12. The first-order valence-corrected chi connectivity index (χ1v) is 11.5. The average Bonchev–Trinajstić information content (AvgIpc) is 3.21. The van der Waals surface area contributed by atoms with Gasteiger partial charge in [-0.1, -0.05) is 6.07 Å². The zero-order valence-corrected chi connectivity index (χ0v) is 19.7. The van der Waals surface area contributed by atoms with Crippen LogP contribution in [0.4, 0.5) is 10.2 Å². The Bertz CT molecular complexity index is 1130. The quantitative estimate of drug-likeness (QED) is 0.591. The van der Waals surface area contributed by atoms with Gasteiger partial charge in [0.25, 0.3) is 0 Å². The van der Waals surface area contributed by atoms with Crippen LogP contribution in [0.25, 0.3) is 11.1 Å². The summed E-state index contributed by atoms with van der Waals surface area (Å²) >= 11 is 0. The second-order valence-corrected chi connectivity index (χ2v) is 9.06. The number of benzene rings is 1. The smallest absolute Gasteiger partial charge is 0.227 e. The van der Waals surface area contributed by atoms with Crippen LogP contribution in [0.1, 0.15) is 55.4 Å². The normalized spacial score (nSPS) is 14.7. The largest absolute Gasteiger partial charge is 0.356 e. The van der Waals surface area contributed by atoms with Gasteiger partial charge in [-0.05, 0) is 63.8 Å². The molecule has 1 aliphatic rings. The van der Waals surface area contributed by atoms with Gasteiger partial charge in [0.1, 0.15) is 17.5 Å². The molecule has 1 amide bonds. The van der Waals surface area contributed by atoms with Crippen LogP contribution in [0.5, 0.6) is 0 Å². The van der Waals surface area contributed by atoms with Crippen molar-refractivity contribution < 1.29 is 9.18 Å². The number of imidazole rings is 1. The summed E-state index contributed by atoms with van der Waals surface area (Å²) in [6.07, 6.45) is 5.56. The van der Waals surface area contributed by atoms with E-state index in [0.717, 1.165) is 54.3 Å². The first-order valence-electron chi connectivity index (χ1n) is 11.5. The van der Waals surface area contributed by atoms with E-state index in [0.29, 0.717) is 17.3 Å². The van der Waals surface area contributed by atoms with Gasteiger partial charge in [0, 0.05) is 42.5 Å². The molecule has 0 saturated carbocycles. The number of rotatable bonds is 6. The van der Waals surface area contributed by atoms with Crippen LogP contribution in [0.2, 0.25) is 0 Å². The van der Waals surface area contributed by atoms with Crippen molar-refractivity contribution in [2.24, 2.45) is 0 Å². The van der Waals surface area contributed by atoms with Crippen LogP contribution in [-0.4, -0.2) is 45.0 Å². The number of piperidine rings is 1. The molecule has 2 aromatic heterocycles. The first kappa shape index (κ1) is 22.9. The van der Waals surface area contributed by atoms with Crippen molar-refractivity contribution in [3.63, 3.8) is 0 Å². The molecule has 8 heteroatoms. The zero-order chi connectivity index (χ0) is 23.5. The van der Waals surface area contributed by atoms with E-state index in [9.17, 15) is 9.18 Å². The fourth-order valence-electron chi connectivity index (χ4n) is 4.41. The molecule has 1 aliphatic heterocycles. The molecule has 0 unspecified atom stereocenters. The highest BCUT2D eigenvalue weighted by Gasteiger charge is 2.26. The Morgan fingerprint density at radius 2 is 2.00 bits per heavy atom. The Labute approximate surface area is 193 Å². The van der Waals surface area contributed by atoms with Crippen molar-refractivity contribution in [1.82, 2.24) is 25.3 Å². The molecule has 0 atom stereocenters. The Kier molecular flexibility index (Phi) is 6.72. The number of anilines is 1. The van der Waals surface area contributed by atoms with Crippen LogP contribution in [0.3, 0.4) is 0 Å². The van der Waals surface area contributed by atoms with Gasteiger partial charge in [0.2, 0.25) is 5.91 Å². The molecule has 1 fully saturated rings. The number of aromatic nitrogens is 4. The molecule has 7 nitrogen and oxygen atoms in total. The Hall–Kier alpha value is -3.29. The molecule has 0 bridgehead atoms. The Morgan fingerprint density at radius 3 is 2.64 bits per heavy atom. The number of aryl methyl sites for hydroxylation is 2. The molecule has 3 aromatic rings. The highest BCUT2D eigenvalue weighted by Crippen LogP contribution is 2.35. The van der Waals surface area contributed by atoms with E-state index in [1.165, 1.54) is 6.07 Å². The fourth-order valence-corrected chi connectivity index (χ4v) is 4.41. The maximum atomic E-state index is 13.9. The van der Waals surface area contributed by atoms with Crippen molar-refractivity contribution in [2.75, 3.05) is 18.0 Å². The Balaban J connectivity index is 1.63. The van der Waals surface area contributed by atoms with Crippen LogP contribution < -0.4 is 10.2 Å². The van der Waals surface area contributed by atoms with E-state index in [1.807, 2.05) is 19.9 Å². The molecule has 0 spiro atoms. The van der Waals surface area contributed by atoms with Crippen LogP contribution >= 0.6 is 0 Å². The number of carbonyl (C=O) groups is 1. The van der Waals surface area contributed by atoms with Gasteiger partial charge in [0.05, 0.1) is 18.4 Å². The van der Waals surface area contributed by atoms with E-state index in [2.05, 4.69) is 32.1 Å². The lowest BCUT2D eigenvalue weighted by molar-refractivity contribution is -0.121. The first-order chi connectivity index (χ1) is 15.8. The van der Waals surface area contributed by atoms with Crippen molar-refractivity contribution in [3.8, 4) is 11.1 Å². The zero-order valence-electron chi connectivity index (χ0n) is 19.7. The van der Waals surface area contributed by atoms with Gasteiger partial charge in [0.15, 0.2) is 0 Å². The van der Waals surface area contributed by atoms with E-state index in [1.54, 1.807) is 25.5 Å². The van der Waals surface area contributed by atoms with Crippen molar-refractivity contribution in [2.45, 2.75) is 58.9 Å². The highest BCUT2D eigenvalue weighted by molar-refractivity contribution is 5.79. The Morgan fingerprint density at radius 1 is 1.24 bits per heavy atom. The second-order valence-electron chi connectivity index (χ2n) is 9.06. The summed E-state index contributed by atoms with van der Waals surface area (Å²) in [5.74, 6) is 1.34. The van der Waals surface area contributed by atoms with Crippen molar-refractivity contribution in [1.29, 1.82) is 0 Å². The molecule has 3 heterocycles. The number of nitrogens with one attached hydrogen (secondary N) is 2. The van der Waals surface area contributed by atoms with Crippen LogP contribution in [0.15, 0.2) is 30.7 Å². The minimum atomic E-state index is -0.238. The predicted octanol–water partition coefficient (Wildman–Crippen LogP) is 4.07. The number of halogens is 1. The lowest BCUT2D eigenvalue weighted by Crippen LogP contribution is -2.35. The third-order valence-corrected chi connectivity index (χ3v) is 6.11. The van der Waals surface area contributed by atoms with Gasteiger partial charge in [-0.3, -0.25) is 4.79 Å². The molecule has 1 saturated heterocycles. The minimum absolute atomic E-state index is 0.0583. The maximum absolute atomic E-state index is 13.9. The summed E-state index contributed by atoms with van der Waals surface area (Å²) in [5.41, 5.74) is 4.55. The van der Waals surface area contributed by atoms with Gasteiger partial charge < -0.3 is 15.2 Å². The lowest BCUT2D eigenvalue weighted by atomic mass is 9.92. The number of hydrogen-bond donors (Lipinski definition) is 2. The standard InChI is InChI=1S/C25H31FN6O/c1-15(2)30-23(33)12-22-27-13-20(19-5-6-21(26)16(3)11-19)25(31-22)32-9-7-18(8-10-32)24-17(4)28-14-29-24/h5-6,11,13-15,18H,7-10,12H2,1-4H3,(H,28,29)(H,30,33). The summed E-state index contributed by atoms with van der Waals surface area (Å²) in [5, 5.41) is 2.89. The number of H-pyrrole nitrogens is 1. The molecule has 1 aromatic carbocycles. The molecular formula is C25H31FN6O. The van der Waals surface area contributed by atoms with Crippen molar-refractivity contribution in [3.05, 3.63) is 59.3 Å². The van der Waals surface area contributed by atoms with E-state index in [-0.39, 0.29) is 24.2 Å². The number of nitrogens with zero attached hydrogens (tertiary/aromatic N) is 4. The van der Waals surface area contributed by atoms with E-state index < -0.39 is 0 Å². The monoisotopic (exact) mass is 450 g/mol. The second kappa shape index (κ2) is 9.68. The highest BCUT2D eigenvalue weighted by atomic mass is 19.1. The molecular weight excluding hydrogens is 419 g/mol. The molecule has 0 radical (unpaired) electrons. The van der Waals surface area contributed by atoms with E-state index >= 15 is 0 Å². The number of amides is 1. The number of carbonyl (C=O) groups excluding carboxylic acids is 1. The van der Waals surface area contributed by atoms with E-state index in [4.69, 9.17) is 4.98 Å². The molecule has 33 heavy (non-hydrogen) atoms. The summed E-state index contributed by atoms with van der Waals surface area (Å²) in [4.78, 5) is 31.5. The molecule has 174 valence electrons. The third kappa shape index (κ3) is 5.21. The van der Waals surface area contributed by atoms with Gasteiger partial charge in [-0.15, -0.1) is 0 Å². The minimum Gasteiger partial charge on any atom is -0.356 e. The average molecular weight is 451 g/mol. The number of aromatic amines is 1. The molecule has 4 rings (SSSR count). The SMILES string of the molecule is Cc1cc(-c2cnc(CC(=O)NC(C)C)nc2N2CCC(c3nc[nH]c3C)CC2)ccc1F. The summed E-state index contributed by atoms with van der Waals surface area (Å²) < 4.78 is 13.9. The third-order valence-electron chi connectivity index (χ3n) is 6.11. The van der Waals surface area contributed by atoms with Gasteiger partial charge in [-0.2, -0.15) is 0 Å². The molecule has 2 N–H and O–H groups in total. The predicted molar refractivity (Wildman–Crippen MR) is 127 cm³/mol. The van der Waals surface area contributed by atoms with Crippen LogP contribution in [-0.2, 0) is 11.2 Å². The van der Waals surface area contributed by atoms with Gasteiger partial charge in [-0.25, -0.2) is 19.3 Å². The van der Waals surface area contributed by atoms with Gasteiger partial charge >= 0.3 is 0 Å². The summed E-state index contributed by atoms with van der Waals surface area (Å²) in [6.45, 7) is 9.30. The number of hydrogen-bond acceptors (Lipinski definition) is 5. The summed E-state index contributed by atoms with van der Waals surface area (Å²) in [7, 11) is 0. The molecule has 0 aliphatic carbocycles.